The summed E-state index contributed by atoms with van der Waals surface area (Å²) >= 11 is 0. The molecule has 0 amide bonds. The third-order valence-corrected chi connectivity index (χ3v) is 7.63. The van der Waals surface area contributed by atoms with Crippen molar-refractivity contribution in [2.45, 2.75) is 78.7 Å². The molecule has 2 fully saturated rings. The molecule has 4 atom stereocenters. The van der Waals surface area contributed by atoms with Gasteiger partial charge in [0.05, 0.1) is 5.60 Å². The van der Waals surface area contributed by atoms with Gasteiger partial charge in [-0.25, -0.2) is 4.57 Å². The molecule has 0 aromatic heterocycles. The zero-order chi connectivity index (χ0) is 16.1. The number of phosphoric acid groups is 1. The quantitative estimate of drug-likeness (QED) is 0.751. The van der Waals surface area contributed by atoms with Crippen LogP contribution < -0.4 is 0 Å². The Hall–Kier alpha value is 0.110. The molecule has 0 aromatic rings. The van der Waals surface area contributed by atoms with Crippen LogP contribution in [0.2, 0.25) is 0 Å². The summed E-state index contributed by atoms with van der Waals surface area (Å²) in [6.07, 6.45) is 6.76. The first-order valence-corrected chi connectivity index (χ1v) is 9.72. The van der Waals surface area contributed by atoms with E-state index in [1.807, 2.05) is 6.92 Å². The van der Waals surface area contributed by atoms with E-state index in [9.17, 15) is 14.4 Å². The van der Waals surface area contributed by atoms with Crippen LogP contribution in [0.5, 0.6) is 0 Å². The summed E-state index contributed by atoms with van der Waals surface area (Å²) in [6, 6.07) is 0. The van der Waals surface area contributed by atoms with Crippen molar-refractivity contribution in [3.8, 4) is 0 Å². The van der Waals surface area contributed by atoms with Gasteiger partial charge in [0.1, 0.15) is 0 Å². The van der Waals surface area contributed by atoms with E-state index in [2.05, 4.69) is 27.7 Å². The van der Waals surface area contributed by atoms with Gasteiger partial charge in [0.2, 0.25) is 0 Å². The third kappa shape index (κ3) is 2.97. The molecule has 0 bridgehead atoms. The number of phosphoric ester groups is 1. The molecule has 2 rings (SSSR count). The van der Waals surface area contributed by atoms with Crippen molar-refractivity contribution in [3.05, 3.63) is 0 Å². The summed E-state index contributed by atoms with van der Waals surface area (Å²) in [6.45, 7) is 10.9. The van der Waals surface area contributed by atoms with E-state index in [4.69, 9.17) is 4.52 Å². The molecule has 4 nitrogen and oxygen atoms in total. The normalized spacial score (nSPS) is 44.0. The summed E-state index contributed by atoms with van der Waals surface area (Å²) < 4.78 is 16.6. The Bertz CT molecular complexity index is 444. The molecule has 0 heterocycles. The molecule has 4 unspecified atom stereocenters. The highest BCUT2D eigenvalue weighted by molar-refractivity contribution is 7.46. The zero-order valence-electron chi connectivity index (χ0n) is 14.1. The van der Waals surface area contributed by atoms with Crippen molar-refractivity contribution in [2.75, 3.05) is 0 Å². The van der Waals surface area contributed by atoms with Crippen LogP contribution in [0.1, 0.15) is 73.1 Å². The molecule has 2 N–H and O–H groups in total. The Labute approximate surface area is 128 Å². The van der Waals surface area contributed by atoms with E-state index in [1.54, 1.807) is 0 Å². The predicted molar refractivity (Wildman–Crippen MR) is 83.8 cm³/mol. The van der Waals surface area contributed by atoms with Gasteiger partial charge in [-0.15, -0.1) is 0 Å². The smallest absolute Gasteiger partial charge is 0.303 e. The molecule has 2 aliphatic carbocycles. The van der Waals surface area contributed by atoms with Crippen molar-refractivity contribution in [1.82, 2.24) is 0 Å². The minimum Gasteiger partial charge on any atom is -0.303 e. The highest BCUT2D eigenvalue weighted by Crippen LogP contribution is 2.65. The van der Waals surface area contributed by atoms with Crippen LogP contribution in [0.25, 0.3) is 0 Å². The first-order chi connectivity index (χ1) is 9.42. The molecular weight excluding hydrogens is 287 g/mol. The maximum Gasteiger partial charge on any atom is 0.470 e. The van der Waals surface area contributed by atoms with E-state index in [-0.39, 0.29) is 10.8 Å². The molecule has 2 saturated carbocycles. The average Bonchev–Trinajstić information content (AvgIpc) is 2.52. The largest absolute Gasteiger partial charge is 0.470 e. The van der Waals surface area contributed by atoms with Crippen LogP contribution in [0, 0.1) is 22.7 Å². The maximum absolute atomic E-state index is 11.4. The highest BCUT2D eigenvalue weighted by atomic mass is 31.2. The van der Waals surface area contributed by atoms with Crippen LogP contribution >= 0.6 is 7.82 Å². The van der Waals surface area contributed by atoms with Crippen molar-refractivity contribution >= 4 is 7.82 Å². The molecule has 124 valence electrons. The number of hydrogen-bond acceptors (Lipinski definition) is 2. The van der Waals surface area contributed by atoms with Crippen LogP contribution in [-0.2, 0) is 9.09 Å². The second-order valence-electron chi connectivity index (χ2n) is 8.28. The van der Waals surface area contributed by atoms with Gasteiger partial charge in [-0.2, -0.15) is 0 Å². The molecule has 0 radical (unpaired) electrons. The SMILES string of the molecule is CC1CCCCC1(C)C1CCC(C)(OP(=O)(O)O)C1(C)C. The van der Waals surface area contributed by atoms with Gasteiger partial charge in [0.25, 0.3) is 0 Å². The topological polar surface area (TPSA) is 66.8 Å². The van der Waals surface area contributed by atoms with Crippen molar-refractivity contribution in [2.24, 2.45) is 22.7 Å². The minimum atomic E-state index is -4.46. The van der Waals surface area contributed by atoms with Gasteiger partial charge in [0.15, 0.2) is 0 Å². The third-order valence-electron chi connectivity index (χ3n) is 6.99. The second-order valence-corrected chi connectivity index (χ2v) is 9.44. The van der Waals surface area contributed by atoms with Gasteiger partial charge in [-0.05, 0) is 48.9 Å². The predicted octanol–water partition coefficient (Wildman–Crippen LogP) is 4.51. The first kappa shape index (κ1) is 17.5. The standard InChI is InChI=1S/C16H31O4P/c1-12-8-6-7-10-15(12,4)13-9-11-16(5,14(13,2)3)20-21(17,18)19/h12-13H,6-11H2,1-5H3,(H2,17,18,19). The first-order valence-electron chi connectivity index (χ1n) is 8.19. The fourth-order valence-corrected chi connectivity index (χ4v) is 5.95. The number of rotatable bonds is 3. The van der Waals surface area contributed by atoms with E-state index in [0.29, 0.717) is 11.8 Å². The summed E-state index contributed by atoms with van der Waals surface area (Å²) in [5.41, 5.74) is -0.747. The van der Waals surface area contributed by atoms with Crippen molar-refractivity contribution in [3.63, 3.8) is 0 Å². The van der Waals surface area contributed by atoms with Crippen LogP contribution in [0.4, 0.5) is 0 Å². The lowest BCUT2D eigenvalue weighted by Crippen LogP contribution is -2.48. The monoisotopic (exact) mass is 318 g/mol. The Kier molecular flexibility index (Phi) is 4.43. The Morgan fingerprint density at radius 3 is 2.19 bits per heavy atom. The second kappa shape index (κ2) is 5.33. The highest BCUT2D eigenvalue weighted by Gasteiger charge is 2.60. The van der Waals surface area contributed by atoms with Gasteiger partial charge < -0.3 is 9.79 Å². The lowest BCUT2D eigenvalue weighted by molar-refractivity contribution is -0.0818. The Morgan fingerprint density at radius 1 is 1.05 bits per heavy atom. The molecule has 2 aliphatic rings. The minimum absolute atomic E-state index is 0.242. The van der Waals surface area contributed by atoms with Crippen LogP contribution in [0.3, 0.4) is 0 Å². The van der Waals surface area contributed by atoms with Gasteiger partial charge in [-0.1, -0.05) is 47.0 Å². The van der Waals surface area contributed by atoms with E-state index in [0.717, 1.165) is 12.8 Å². The van der Waals surface area contributed by atoms with Crippen molar-refractivity contribution in [1.29, 1.82) is 0 Å². The van der Waals surface area contributed by atoms with E-state index in [1.165, 1.54) is 25.7 Å². The zero-order valence-corrected chi connectivity index (χ0v) is 14.9. The van der Waals surface area contributed by atoms with E-state index >= 15 is 0 Å². The Balaban J connectivity index is 2.30. The molecule has 0 aliphatic heterocycles. The van der Waals surface area contributed by atoms with Crippen LogP contribution in [-0.4, -0.2) is 15.4 Å². The summed E-state index contributed by atoms with van der Waals surface area (Å²) in [4.78, 5) is 18.6. The lowest BCUT2D eigenvalue weighted by atomic mass is 9.54. The fourth-order valence-electron chi connectivity index (χ4n) is 5.10. The molecule has 0 saturated heterocycles. The molecule has 5 heteroatoms. The van der Waals surface area contributed by atoms with Crippen molar-refractivity contribution < 1.29 is 18.9 Å². The summed E-state index contributed by atoms with van der Waals surface area (Å²) in [5.74, 6) is 1.10. The lowest BCUT2D eigenvalue weighted by Gasteiger charge is -2.52. The average molecular weight is 318 g/mol. The maximum atomic E-state index is 11.4. The number of hydrogen-bond donors (Lipinski definition) is 2. The Morgan fingerprint density at radius 2 is 1.67 bits per heavy atom. The van der Waals surface area contributed by atoms with Crippen LogP contribution in [0.15, 0.2) is 0 Å². The summed E-state index contributed by atoms with van der Waals surface area (Å²) in [5, 5.41) is 0. The van der Waals surface area contributed by atoms with Gasteiger partial charge in [-0.3, -0.25) is 4.52 Å². The molecular formula is C16H31O4P. The van der Waals surface area contributed by atoms with Gasteiger partial charge >= 0.3 is 7.82 Å². The molecule has 0 spiro atoms. The fraction of sp³-hybridized carbons (Fsp3) is 1.00. The van der Waals surface area contributed by atoms with E-state index < -0.39 is 13.4 Å². The summed E-state index contributed by atoms with van der Waals surface area (Å²) in [7, 11) is -4.46. The molecule has 0 aromatic carbocycles. The van der Waals surface area contributed by atoms with Gasteiger partial charge in [0, 0.05) is 0 Å². The molecule has 21 heavy (non-hydrogen) atoms.